The summed E-state index contributed by atoms with van der Waals surface area (Å²) in [6.45, 7) is 5.05. The summed E-state index contributed by atoms with van der Waals surface area (Å²) in [6.07, 6.45) is -1.45. The number of ether oxygens (including phenoxy) is 2. The highest BCUT2D eigenvalue weighted by Crippen LogP contribution is 2.15. The van der Waals surface area contributed by atoms with E-state index in [0.29, 0.717) is 5.06 Å². The number of nitrogens with zero attached hydrogens (tertiary/aromatic N) is 1. The van der Waals surface area contributed by atoms with E-state index in [1.165, 1.54) is 0 Å². The minimum atomic E-state index is -1.34. The number of hydrogen-bond acceptors (Lipinski definition) is 8. The molecular formula is C21H26N2O8. The Morgan fingerprint density at radius 3 is 2.26 bits per heavy atom. The van der Waals surface area contributed by atoms with Crippen molar-refractivity contribution in [3.8, 4) is 0 Å². The Morgan fingerprint density at radius 2 is 1.68 bits per heavy atom. The van der Waals surface area contributed by atoms with Gasteiger partial charge in [0.15, 0.2) is 0 Å². The molecule has 1 atom stereocenters. The third kappa shape index (κ3) is 8.07. The standard InChI is InChI=1S/C21H26N2O8/c1-21(2,3)30-18(26)12-9-15(19(27)31-23-16(24)10-11-17(23)25)22-20(28)29-13-14-7-5-4-6-8-14/h4-8,15H,9-13H2,1-3H3,(H,22,28)/t15-/m0/s1. The maximum absolute atomic E-state index is 12.5. The summed E-state index contributed by atoms with van der Waals surface area (Å²) in [5.74, 6) is -2.96. The van der Waals surface area contributed by atoms with Gasteiger partial charge in [0.25, 0.3) is 11.8 Å². The van der Waals surface area contributed by atoms with E-state index in [1.54, 1.807) is 45.0 Å². The predicted octanol–water partition coefficient (Wildman–Crippen LogP) is 2.01. The number of imide groups is 1. The molecule has 1 aliphatic heterocycles. The van der Waals surface area contributed by atoms with Gasteiger partial charge in [0.1, 0.15) is 18.2 Å². The number of alkyl carbamates (subject to hydrolysis) is 1. The molecule has 1 aromatic carbocycles. The Labute approximate surface area is 179 Å². The van der Waals surface area contributed by atoms with Gasteiger partial charge in [-0.25, -0.2) is 9.59 Å². The van der Waals surface area contributed by atoms with Crippen LogP contribution in [0, 0.1) is 0 Å². The lowest BCUT2D eigenvalue weighted by Gasteiger charge is -2.22. The predicted molar refractivity (Wildman–Crippen MR) is 106 cm³/mol. The lowest BCUT2D eigenvalue weighted by atomic mass is 10.1. The lowest BCUT2D eigenvalue weighted by Crippen LogP contribution is -2.45. The second-order valence-electron chi connectivity index (χ2n) is 7.88. The number of nitrogens with one attached hydrogen (secondary N) is 1. The minimum Gasteiger partial charge on any atom is -0.460 e. The minimum absolute atomic E-state index is 0.0381. The van der Waals surface area contributed by atoms with Crippen LogP contribution in [0.5, 0.6) is 0 Å². The Balaban J connectivity index is 1.99. The van der Waals surface area contributed by atoms with Gasteiger partial charge in [-0.3, -0.25) is 14.4 Å². The lowest BCUT2D eigenvalue weighted by molar-refractivity contribution is -0.199. The van der Waals surface area contributed by atoms with Gasteiger partial charge in [-0.2, -0.15) is 0 Å². The Hall–Kier alpha value is -3.43. The number of hydrogen-bond donors (Lipinski definition) is 1. The summed E-state index contributed by atoms with van der Waals surface area (Å²) in [5.41, 5.74) is 0.0163. The second-order valence-corrected chi connectivity index (χ2v) is 7.88. The van der Waals surface area contributed by atoms with E-state index in [1.807, 2.05) is 6.07 Å². The average molecular weight is 434 g/mol. The third-order valence-electron chi connectivity index (χ3n) is 4.03. The van der Waals surface area contributed by atoms with Crippen LogP contribution in [0.3, 0.4) is 0 Å². The summed E-state index contributed by atoms with van der Waals surface area (Å²) < 4.78 is 10.3. The fourth-order valence-corrected chi connectivity index (χ4v) is 2.62. The zero-order valence-corrected chi connectivity index (χ0v) is 17.7. The topological polar surface area (TPSA) is 128 Å². The van der Waals surface area contributed by atoms with Crippen molar-refractivity contribution in [2.24, 2.45) is 0 Å². The molecule has 0 spiro atoms. The van der Waals surface area contributed by atoms with Crippen molar-refractivity contribution >= 4 is 29.8 Å². The molecule has 168 valence electrons. The van der Waals surface area contributed by atoms with Gasteiger partial charge in [-0.15, -0.1) is 5.06 Å². The molecule has 1 aromatic rings. The first kappa shape index (κ1) is 23.8. The number of esters is 1. The van der Waals surface area contributed by atoms with Crippen LogP contribution in [0.4, 0.5) is 4.79 Å². The number of hydroxylamine groups is 2. The van der Waals surface area contributed by atoms with Crippen LogP contribution >= 0.6 is 0 Å². The van der Waals surface area contributed by atoms with E-state index in [4.69, 9.17) is 14.3 Å². The first-order valence-corrected chi connectivity index (χ1v) is 9.82. The van der Waals surface area contributed by atoms with Crippen LogP contribution < -0.4 is 5.32 Å². The van der Waals surface area contributed by atoms with E-state index >= 15 is 0 Å². The van der Waals surface area contributed by atoms with Crippen molar-refractivity contribution in [2.75, 3.05) is 0 Å². The highest BCUT2D eigenvalue weighted by molar-refractivity contribution is 6.01. The van der Waals surface area contributed by atoms with Crippen molar-refractivity contribution in [1.82, 2.24) is 10.4 Å². The second kappa shape index (κ2) is 10.6. The van der Waals surface area contributed by atoms with Crippen LogP contribution in [0.25, 0.3) is 0 Å². The SMILES string of the molecule is CC(C)(C)OC(=O)CC[C@H](NC(=O)OCc1ccccc1)C(=O)ON1C(=O)CCC1=O. The monoisotopic (exact) mass is 434 g/mol. The Morgan fingerprint density at radius 1 is 1.06 bits per heavy atom. The van der Waals surface area contributed by atoms with Crippen molar-refractivity contribution in [3.63, 3.8) is 0 Å². The molecule has 1 saturated heterocycles. The summed E-state index contributed by atoms with van der Waals surface area (Å²) in [5, 5.41) is 2.69. The van der Waals surface area contributed by atoms with Gasteiger partial charge in [-0.1, -0.05) is 30.3 Å². The first-order valence-electron chi connectivity index (χ1n) is 9.82. The largest absolute Gasteiger partial charge is 0.460 e. The number of benzene rings is 1. The highest BCUT2D eigenvalue weighted by atomic mass is 16.7. The van der Waals surface area contributed by atoms with Crippen molar-refractivity contribution in [1.29, 1.82) is 0 Å². The third-order valence-corrected chi connectivity index (χ3v) is 4.03. The molecule has 0 aromatic heterocycles. The number of carbonyl (C=O) groups excluding carboxylic acids is 5. The van der Waals surface area contributed by atoms with Crippen LogP contribution in [0.15, 0.2) is 30.3 Å². The Bertz CT molecular complexity index is 816. The van der Waals surface area contributed by atoms with Gasteiger partial charge in [-0.05, 0) is 32.8 Å². The van der Waals surface area contributed by atoms with Gasteiger partial charge in [0.2, 0.25) is 0 Å². The van der Waals surface area contributed by atoms with E-state index < -0.39 is 41.5 Å². The molecule has 1 aliphatic rings. The van der Waals surface area contributed by atoms with Crippen molar-refractivity contribution in [2.45, 2.75) is 64.7 Å². The molecule has 3 amide bonds. The molecule has 1 fully saturated rings. The number of carbonyl (C=O) groups is 5. The maximum atomic E-state index is 12.5. The van der Waals surface area contributed by atoms with Crippen molar-refractivity contribution < 1.29 is 38.3 Å². The van der Waals surface area contributed by atoms with E-state index in [-0.39, 0.29) is 32.3 Å². The first-order chi connectivity index (χ1) is 14.5. The van der Waals surface area contributed by atoms with Crippen LogP contribution in [0.1, 0.15) is 52.0 Å². The zero-order chi connectivity index (χ0) is 23.0. The zero-order valence-electron chi connectivity index (χ0n) is 17.7. The summed E-state index contributed by atoms with van der Waals surface area (Å²) in [7, 11) is 0. The maximum Gasteiger partial charge on any atom is 0.408 e. The van der Waals surface area contributed by atoms with E-state index in [9.17, 15) is 24.0 Å². The summed E-state index contributed by atoms with van der Waals surface area (Å²) in [6, 6.07) is 7.55. The van der Waals surface area contributed by atoms with Crippen molar-refractivity contribution in [3.05, 3.63) is 35.9 Å². The van der Waals surface area contributed by atoms with Gasteiger partial charge in [0, 0.05) is 19.3 Å². The van der Waals surface area contributed by atoms with E-state index in [0.717, 1.165) is 5.56 Å². The Kier molecular flexibility index (Phi) is 8.12. The van der Waals surface area contributed by atoms with Crippen LogP contribution in [-0.2, 0) is 40.1 Å². The molecule has 0 aliphatic carbocycles. The van der Waals surface area contributed by atoms with Gasteiger partial charge in [0.05, 0.1) is 0 Å². The van der Waals surface area contributed by atoms with Gasteiger partial charge < -0.3 is 19.6 Å². The molecule has 0 saturated carbocycles. The number of rotatable bonds is 8. The van der Waals surface area contributed by atoms with Crippen LogP contribution in [0.2, 0.25) is 0 Å². The summed E-state index contributed by atoms with van der Waals surface area (Å²) >= 11 is 0. The average Bonchev–Trinajstić information content (AvgIpc) is 3.01. The molecule has 31 heavy (non-hydrogen) atoms. The fraction of sp³-hybridized carbons (Fsp3) is 0.476. The molecule has 0 unspecified atom stereocenters. The summed E-state index contributed by atoms with van der Waals surface area (Å²) in [4.78, 5) is 64.9. The molecular weight excluding hydrogens is 408 g/mol. The quantitative estimate of drug-likeness (QED) is 0.486. The molecule has 10 heteroatoms. The number of amides is 3. The van der Waals surface area contributed by atoms with Crippen LogP contribution in [-0.4, -0.2) is 46.6 Å². The molecule has 1 N–H and O–H groups in total. The highest BCUT2D eigenvalue weighted by Gasteiger charge is 2.35. The molecule has 1 heterocycles. The smallest absolute Gasteiger partial charge is 0.408 e. The van der Waals surface area contributed by atoms with E-state index in [2.05, 4.69) is 5.32 Å². The fourth-order valence-electron chi connectivity index (χ4n) is 2.62. The molecule has 10 nitrogen and oxygen atoms in total. The molecule has 0 bridgehead atoms. The molecule has 2 rings (SSSR count). The normalized spacial score (nSPS) is 14.7. The molecule has 0 radical (unpaired) electrons. The van der Waals surface area contributed by atoms with Gasteiger partial charge >= 0.3 is 18.0 Å².